The predicted octanol–water partition coefficient (Wildman–Crippen LogP) is 1.92. The molecule has 0 spiro atoms. The largest absolute Gasteiger partial charge is 0.396 e. The average molecular weight is 273 g/mol. The van der Waals surface area contributed by atoms with Crippen molar-refractivity contribution in [1.29, 1.82) is 0 Å². The summed E-state index contributed by atoms with van der Waals surface area (Å²) < 4.78 is 0. The van der Waals surface area contributed by atoms with Crippen LogP contribution in [-0.2, 0) is 12.0 Å². The summed E-state index contributed by atoms with van der Waals surface area (Å²) in [6.07, 6.45) is 6.14. The first kappa shape index (κ1) is 12.8. The van der Waals surface area contributed by atoms with Crippen molar-refractivity contribution in [3.63, 3.8) is 0 Å². The molecule has 0 aromatic heterocycles. The first-order valence-electron chi connectivity index (χ1n) is 7.91. The van der Waals surface area contributed by atoms with Crippen molar-refractivity contribution in [2.45, 2.75) is 49.8 Å². The average Bonchev–Trinajstić information content (AvgIpc) is 2.66. The first-order valence-corrected chi connectivity index (χ1v) is 7.91. The van der Waals surface area contributed by atoms with Gasteiger partial charge in [-0.3, -0.25) is 5.32 Å². The second-order valence-corrected chi connectivity index (χ2v) is 6.83. The summed E-state index contributed by atoms with van der Waals surface area (Å²) in [4.78, 5) is 0. The van der Waals surface area contributed by atoms with Gasteiger partial charge in [-0.05, 0) is 36.3 Å². The molecule has 1 aliphatic carbocycles. The number of rotatable bonds is 2. The summed E-state index contributed by atoms with van der Waals surface area (Å²) in [6.45, 7) is 0.167. The number of aliphatic hydroxyl groups excluding tert-OH is 1. The van der Waals surface area contributed by atoms with E-state index in [0.29, 0.717) is 24.7 Å². The van der Waals surface area contributed by atoms with Crippen LogP contribution in [0.3, 0.4) is 0 Å². The summed E-state index contributed by atoms with van der Waals surface area (Å²) in [5.74, 6) is 0.784. The Morgan fingerprint density at radius 2 is 1.90 bits per heavy atom. The van der Waals surface area contributed by atoms with E-state index in [1.54, 1.807) is 0 Å². The van der Waals surface area contributed by atoms with Gasteiger partial charge in [-0.1, -0.05) is 37.1 Å². The van der Waals surface area contributed by atoms with Crippen molar-refractivity contribution < 1.29 is 10.2 Å². The lowest BCUT2D eigenvalue weighted by Gasteiger charge is -2.42. The lowest BCUT2D eigenvalue weighted by molar-refractivity contribution is -0.0412. The molecule has 2 heterocycles. The van der Waals surface area contributed by atoms with E-state index < -0.39 is 5.72 Å². The van der Waals surface area contributed by atoms with Crippen LogP contribution in [0.25, 0.3) is 0 Å². The van der Waals surface area contributed by atoms with Crippen LogP contribution in [0.4, 0.5) is 0 Å². The molecule has 3 N–H and O–H groups in total. The Balaban J connectivity index is 1.90. The van der Waals surface area contributed by atoms with E-state index >= 15 is 0 Å². The first-order chi connectivity index (χ1) is 9.70. The van der Waals surface area contributed by atoms with Crippen LogP contribution in [0, 0.1) is 11.8 Å². The number of hydrogen-bond acceptors (Lipinski definition) is 3. The molecule has 0 amide bonds. The highest BCUT2D eigenvalue weighted by Gasteiger charge is 2.63. The fraction of sp³-hybridized carbons (Fsp3) is 0.647. The third kappa shape index (κ3) is 1.51. The smallest absolute Gasteiger partial charge is 0.123 e. The summed E-state index contributed by atoms with van der Waals surface area (Å²) in [5, 5.41) is 24.3. The van der Waals surface area contributed by atoms with Gasteiger partial charge in [0.2, 0.25) is 0 Å². The summed E-state index contributed by atoms with van der Waals surface area (Å²) >= 11 is 0. The van der Waals surface area contributed by atoms with Gasteiger partial charge in [0.25, 0.3) is 0 Å². The molecule has 0 radical (unpaired) electrons. The van der Waals surface area contributed by atoms with Crippen molar-refractivity contribution in [3.8, 4) is 0 Å². The van der Waals surface area contributed by atoms with Crippen LogP contribution in [0.2, 0.25) is 0 Å². The molecule has 2 aliphatic heterocycles. The zero-order valence-electron chi connectivity index (χ0n) is 11.8. The molecule has 1 saturated carbocycles. The van der Waals surface area contributed by atoms with Crippen molar-refractivity contribution in [3.05, 3.63) is 35.4 Å². The molecule has 108 valence electrons. The highest BCUT2D eigenvalue weighted by molar-refractivity contribution is 5.42. The van der Waals surface area contributed by atoms with Crippen LogP contribution in [0.1, 0.15) is 43.2 Å². The maximum absolute atomic E-state index is 11.2. The van der Waals surface area contributed by atoms with Gasteiger partial charge in [-0.15, -0.1) is 0 Å². The standard InChI is InChI=1S/C17H23NO2/c19-10-9-16-13-6-2-1-5-12(13)11-17(20,18-16)15-8-4-3-7-14(15)16/h1-2,5-6,14-15,18-20H,3-4,7-11H2/t14-,15+,16-,17-/m0/s1. The van der Waals surface area contributed by atoms with Crippen molar-refractivity contribution in [2.24, 2.45) is 11.8 Å². The van der Waals surface area contributed by atoms with Crippen molar-refractivity contribution in [1.82, 2.24) is 5.32 Å². The number of aliphatic hydroxyl groups is 2. The highest BCUT2D eigenvalue weighted by atomic mass is 16.3. The third-order valence-electron chi connectivity index (χ3n) is 5.92. The molecule has 0 unspecified atom stereocenters. The molecule has 2 fully saturated rings. The molecule has 1 aromatic rings. The monoisotopic (exact) mass is 273 g/mol. The van der Waals surface area contributed by atoms with E-state index in [1.165, 1.54) is 24.0 Å². The molecule has 3 aliphatic rings. The fourth-order valence-electron chi connectivity index (χ4n) is 5.27. The number of fused-ring (bicyclic) bond motifs is 7. The Hall–Kier alpha value is -0.900. The number of nitrogens with one attached hydrogen (secondary N) is 1. The lowest BCUT2D eigenvalue weighted by Crippen LogP contribution is -2.56. The Morgan fingerprint density at radius 1 is 1.15 bits per heavy atom. The second kappa shape index (κ2) is 4.30. The topological polar surface area (TPSA) is 52.5 Å². The maximum atomic E-state index is 11.2. The van der Waals surface area contributed by atoms with Crippen LogP contribution in [-0.4, -0.2) is 22.5 Å². The van der Waals surface area contributed by atoms with Gasteiger partial charge < -0.3 is 10.2 Å². The van der Waals surface area contributed by atoms with Crippen LogP contribution >= 0.6 is 0 Å². The minimum absolute atomic E-state index is 0.167. The van der Waals surface area contributed by atoms with Crippen LogP contribution in [0.5, 0.6) is 0 Å². The molecule has 3 nitrogen and oxygen atoms in total. The van der Waals surface area contributed by atoms with Gasteiger partial charge in [0.05, 0.1) is 5.54 Å². The quantitative estimate of drug-likeness (QED) is 0.771. The SMILES string of the molecule is OCC[C@]12N[C@](O)(Cc3ccccc31)[C@@H]1CCCC[C@@H]12. The van der Waals surface area contributed by atoms with Gasteiger partial charge in [0, 0.05) is 18.9 Å². The van der Waals surface area contributed by atoms with Crippen LogP contribution in [0.15, 0.2) is 24.3 Å². The van der Waals surface area contributed by atoms with E-state index in [9.17, 15) is 10.2 Å². The molecule has 4 rings (SSSR count). The lowest BCUT2D eigenvalue weighted by atomic mass is 9.68. The molecule has 1 aromatic carbocycles. The third-order valence-corrected chi connectivity index (χ3v) is 5.92. The summed E-state index contributed by atoms with van der Waals surface area (Å²) in [5.41, 5.74) is 1.59. The zero-order chi connectivity index (χ0) is 13.8. The molecule has 1 saturated heterocycles. The molecule has 4 atom stereocenters. The van der Waals surface area contributed by atoms with E-state index in [0.717, 1.165) is 12.8 Å². The van der Waals surface area contributed by atoms with E-state index in [2.05, 4.69) is 29.6 Å². The molecular formula is C17H23NO2. The second-order valence-electron chi connectivity index (χ2n) is 6.83. The van der Waals surface area contributed by atoms with Crippen LogP contribution < -0.4 is 5.32 Å². The highest BCUT2D eigenvalue weighted by Crippen LogP contribution is 2.58. The molecular weight excluding hydrogens is 250 g/mol. The minimum Gasteiger partial charge on any atom is -0.396 e. The van der Waals surface area contributed by atoms with Gasteiger partial charge in [0.15, 0.2) is 0 Å². The van der Waals surface area contributed by atoms with E-state index in [1.807, 2.05) is 0 Å². The Kier molecular flexibility index (Phi) is 2.75. The molecule has 3 heteroatoms. The minimum atomic E-state index is -0.769. The van der Waals surface area contributed by atoms with Gasteiger partial charge in [0.1, 0.15) is 5.72 Å². The summed E-state index contributed by atoms with van der Waals surface area (Å²) in [7, 11) is 0. The normalized spacial score (nSPS) is 42.1. The molecule has 20 heavy (non-hydrogen) atoms. The van der Waals surface area contributed by atoms with Crippen molar-refractivity contribution in [2.75, 3.05) is 6.61 Å². The Morgan fingerprint density at radius 3 is 2.70 bits per heavy atom. The van der Waals surface area contributed by atoms with E-state index in [-0.39, 0.29) is 12.1 Å². The molecule has 2 bridgehead atoms. The van der Waals surface area contributed by atoms with E-state index in [4.69, 9.17) is 0 Å². The van der Waals surface area contributed by atoms with Crippen molar-refractivity contribution >= 4 is 0 Å². The Bertz CT molecular complexity index is 531. The number of hydrogen-bond donors (Lipinski definition) is 3. The zero-order valence-corrected chi connectivity index (χ0v) is 11.8. The van der Waals surface area contributed by atoms with Gasteiger partial charge in [-0.2, -0.15) is 0 Å². The fourth-order valence-corrected chi connectivity index (χ4v) is 5.27. The summed E-state index contributed by atoms with van der Waals surface area (Å²) in [6, 6.07) is 8.47. The number of benzene rings is 1. The maximum Gasteiger partial charge on any atom is 0.123 e. The van der Waals surface area contributed by atoms with Gasteiger partial charge in [-0.25, -0.2) is 0 Å². The van der Waals surface area contributed by atoms with Gasteiger partial charge >= 0.3 is 0 Å². The predicted molar refractivity (Wildman–Crippen MR) is 77.1 cm³/mol. The Labute approximate surface area is 120 Å².